The number of nitrogens with zero attached hydrogens (tertiary/aromatic N) is 1. The average molecular weight is 450 g/mol. The Labute approximate surface area is 199 Å². The van der Waals surface area contributed by atoms with Gasteiger partial charge in [-0.1, -0.05) is 50.2 Å². The third-order valence-corrected chi connectivity index (χ3v) is 7.51. The number of benzene rings is 2. The van der Waals surface area contributed by atoms with Crippen molar-refractivity contribution in [2.75, 3.05) is 19.7 Å². The third-order valence-electron chi connectivity index (χ3n) is 7.51. The van der Waals surface area contributed by atoms with Crippen molar-refractivity contribution in [3.05, 3.63) is 65.2 Å². The first-order chi connectivity index (χ1) is 15.9. The van der Waals surface area contributed by atoms with E-state index in [1.165, 1.54) is 42.4 Å². The molecule has 2 heterocycles. The van der Waals surface area contributed by atoms with Crippen LogP contribution >= 0.6 is 0 Å². The Morgan fingerprint density at radius 2 is 1.88 bits per heavy atom. The van der Waals surface area contributed by atoms with Crippen molar-refractivity contribution in [1.82, 2.24) is 4.90 Å². The molecule has 2 aromatic rings. The van der Waals surface area contributed by atoms with Gasteiger partial charge >= 0.3 is 5.97 Å². The molecule has 0 amide bonds. The topological polar surface area (TPSA) is 49.8 Å². The van der Waals surface area contributed by atoms with Crippen LogP contribution in [0.4, 0.5) is 0 Å². The molecule has 0 spiro atoms. The number of carbonyl (C=O) groups is 1. The Balaban J connectivity index is 1.32. The number of ether oxygens (including phenoxy) is 1. The van der Waals surface area contributed by atoms with Gasteiger partial charge < -0.3 is 9.84 Å². The Kier molecular flexibility index (Phi) is 7.75. The van der Waals surface area contributed by atoms with Crippen LogP contribution in [0.1, 0.15) is 69.1 Å². The standard InChI is InChI=1S/C29H39NO3/c1-22(2)18-24-7-3-6-23(19-24)8-5-17-33-27-10-4-9-25(20-27)29-14-11-26(12-15-29)30(21-29)16-13-28(31)32/h3-4,6-7,9-10,19-20,22,26H,5,8,11-18,21H2,1-2H3,(H,31,32). The van der Waals surface area contributed by atoms with Gasteiger partial charge in [-0.15, -0.1) is 0 Å². The van der Waals surface area contributed by atoms with Crippen LogP contribution in [-0.4, -0.2) is 41.7 Å². The van der Waals surface area contributed by atoms with E-state index < -0.39 is 5.97 Å². The van der Waals surface area contributed by atoms with Crippen LogP contribution in [0.25, 0.3) is 0 Å². The van der Waals surface area contributed by atoms with Crippen molar-refractivity contribution in [3.63, 3.8) is 0 Å². The highest BCUT2D eigenvalue weighted by atomic mass is 16.5. The molecule has 2 saturated heterocycles. The molecule has 3 aliphatic rings. The number of carboxylic acid groups (broad SMARTS) is 1. The van der Waals surface area contributed by atoms with Gasteiger partial charge in [-0.3, -0.25) is 9.69 Å². The maximum absolute atomic E-state index is 11.1. The number of hydrogen-bond acceptors (Lipinski definition) is 3. The second-order valence-corrected chi connectivity index (χ2v) is 10.5. The molecular formula is C29H39NO3. The van der Waals surface area contributed by atoms with E-state index in [1.807, 2.05) is 0 Å². The van der Waals surface area contributed by atoms with Crippen LogP contribution < -0.4 is 4.74 Å². The van der Waals surface area contributed by atoms with Gasteiger partial charge in [0.15, 0.2) is 0 Å². The van der Waals surface area contributed by atoms with Gasteiger partial charge in [-0.2, -0.15) is 0 Å². The molecule has 0 atom stereocenters. The van der Waals surface area contributed by atoms with E-state index in [4.69, 9.17) is 9.84 Å². The largest absolute Gasteiger partial charge is 0.494 e. The van der Waals surface area contributed by atoms with E-state index in [2.05, 4.69) is 67.3 Å². The molecule has 2 bridgehead atoms. The van der Waals surface area contributed by atoms with Crippen LogP contribution in [0.15, 0.2) is 48.5 Å². The summed E-state index contributed by atoms with van der Waals surface area (Å²) in [5.74, 6) is 0.937. The highest BCUT2D eigenvalue weighted by molar-refractivity contribution is 5.66. The molecule has 5 rings (SSSR count). The van der Waals surface area contributed by atoms with Crippen molar-refractivity contribution in [1.29, 1.82) is 0 Å². The first kappa shape index (κ1) is 23.8. The highest BCUT2D eigenvalue weighted by Gasteiger charge is 2.45. The number of piperidine rings is 2. The molecule has 33 heavy (non-hydrogen) atoms. The monoisotopic (exact) mass is 449 g/mol. The summed E-state index contributed by atoms with van der Waals surface area (Å²) in [6, 6.07) is 18.2. The number of rotatable bonds is 11. The van der Waals surface area contributed by atoms with Crippen LogP contribution in [-0.2, 0) is 23.1 Å². The molecule has 3 fully saturated rings. The quantitative estimate of drug-likeness (QED) is 0.436. The summed E-state index contributed by atoms with van der Waals surface area (Å²) < 4.78 is 6.17. The van der Waals surface area contributed by atoms with Gasteiger partial charge in [0, 0.05) is 24.5 Å². The summed E-state index contributed by atoms with van der Waals surface area (Å²) in [6.45, 7) is 6.89. The lowest BCUT2D eigenvalue weighted by Crippen LogP contribution is -2.56. The summed E-state index contributed by atoms with van der Waals surface area (Å²) in [5.41, 5.74) is 4.32. The first-order valence-corrected chi connectivity index (χ1v) is 12.7. The maximum atomic E-state index is 11.1. The predicted octanol–water partition coefficient (Wildman–Crippen LogP) is 5.87. The average Bonchev–Trinajstić information content (AvgIpc) is 2.81. The van der Waals surface area contributed by atoms with Crippen LogP contribution in [0, 0.1) is 5.92 Å². The SMILES string of the molecule is CC(C)Cc1cccc(CCCOc2cccc(C34CCC(CC3)N(CCC(=O)O)C4)c2)c1. The zero-order valence-corrected chi connectivity index (χ0v) is 20.3. The van der Waals surface area contributed by atoms with E-state index >= 15 is 0 Å². The molecule has 2 aliphatic heterocycles. The minimum absolute atomic E-state index is 0.142. The summed E-state index contributed by atoms with van der Waals surface area (Å²) in [7, 11) is 0. The normalized spacial score (nSPS) is 22.6. The fourth-order valence-corrected chi connectivity index (χ4v) is 5.84. The lowest BCUT2D eigenvalue weighted by molar-refractivity contribution is -0.137. The molecule has 4 nitrogen and oxygen atoms in total. The molecule has 1 N–H and O–H groups in total. The minimum atomic E-state index is -0.701. The van der Waals surface area contributed by atoms with Crippen molar-refractivity contribution in [2.24, 2.45) is 5.92 Å². The van der Waals surface area contributed by atoms with Crippen LogP contribution in [0.3, 0.4) is 0 Å². The number of hydrogen-bond donors (Lipinski definition) is 1. The van der Waals surface area contributed by atoms with Crippen molar-refractivity contribution in [2.45, 2.75) is 76.7 Å². The molecule has 0 radical (unpaired) electrons. The summed E-state index contributed by atoms with van der Waals surface area (Å²) in [6.07, 6.45) is 8.13. The van der Waals surface area contributed by atoms with E-state index in [1.54, 1.807) is 0 Å². The van der Waals surface area contributed by atoms with E-state index in [0.29, 0.717) is 18.5 Å². The fraction of sp³-hybridized carbons (Fsp3) is 0.552. The molecule has 178 valence electrons. The number of fused-ring (bicyclic) bond motifs is 3. The van der Waals surface area contributed by atoms with Gasteiger partial charge in [-0.05, 0) is 79.7 Å². The van der Waals surface area contributed by atoms with Crippen molar-refractivity contribution in [3.8, 4) is 5.75 Å². The molecule has 1 aliphatic carbocycles. The lowest BCUT2D eigenvalue weighted by Gasteiger charge is -2.53. The van der Waals surface area contributed by atoms with Gasteiger partial charge in [-0.25, -0.2) is 0 Å². The van der Waals surface area contributed by atoms with E-state index in [9.17, 15) is 4.79 Å². The number of aryl methyl sites for hydroxylation is 1. The summed E-state index contributed by atoms with van der Waals surface area (Å²) in [4.78, 5) is 13.5. The van der Waals surface area contributed by atoms with Crippen LogP contribution in [0.5, 0.6) is 5.75 Å². The first-order valence-electron chi connectivity index (χ1n) is 12.7. The number of aliphatic carboxylic acids is 1. The molecular weight excluding hydrogens is 410 g/mol. The van der Waals surface area contributed by atoms with E-state index in [-0.39, 0.29) is 11.8 Å². The summed E-state index contributed by atoms with van der Waals surface area (Å²) in [5, 5.41) is 9.11. The highest BCUT2D eigenvalue weighted by Crippen LogP contribution is 2.47. The zero-order valence-electron chi connectivity index (χ0n) is 20.3. The molecule has 0 aromatic heterocycles. The van der Waals surface area contributed by atoms with Gasteiger partial charge in [0.1, 0.15) is 5.75 Å². The molecule has 4 heteroatoms. The Bertz CT molecular complexity index is 930. The Morgan fingerprint density at radius 3 is 2.64 bits per heavy atom. The van der Waals surface area contributed by atoms with Gasteiger partial charge in [0.05, 0.1) is 13.0 Å². The van der Waals surface area contributed by atoms with Crippen LogP contribution in [0.2, 0.25) is 0 Å². The predicted molar refractivity (Wildman–Crippen MR) is 133 cm³/mol. The zero-order chi connectivity index (χ0) is 23.3. The Morgan fingerprint density at radius 1 is 1.12 bits per heavy atom. The summed E-state index contributed by atoms with van der Waals surface area (Å²) >= 11 is 0. The molecule has 2 aromatic carbocycles. The second-order valence-electron chi connectivity index (χ2n) is 10.5. The van der Waals surface area contributed by atoms with Gasteiger partial charge in [0.2, 0.25) is 0 Å². The van der Waals surface area contributed by atoms with Gasteiger partial charge in [0.25, 0.3) is 0 Å². The minimum Gasteiger partial charge on any atom is -0.494 e. The molecule has 1 saturated carbocycles. The third kappa shape index (κ3) is 6.17. The van der Waals surface area contributed by atoms with Crippen molar-refractivity contribution < 1.29 is 14.6 Å². The Hall–Kier alpha value is -2.33. The maximum Gasteiger partial charge on any atom is 0.304 e. The molecule has 0 unspecified atom stereocenters. The smallest absolute Gasteiger partial charge is 0.304 e. The van der Waals surface area contributed by atoms with Crippen molar-refractivity contribution >= 4 is 5.97 Å². The number of carboxylic acids is 1. The lowest BCUT2D eigenvalue weighted by atomic mass is 9.64. The second kappa shape index (κ2) is 10.7. The van der Waals surface area contributed by atoms with E-state index in [0.717, 1.165) is 38.2 Å². The fourth-order valence-electron chi connectivity index (χ4n) is 5.84.